The van der Waals surface area contributed by atoms with E-state index in [1.54, 1.807) is 6.33 Å². The van der Waals surface area contributed by atoms with Gasteiger partial charge in [0.05, 0.1) is 0 Å². The molecule has 4 N–H and O–H groups in total. The maximum Gasteiger partial charge on any atom is 0.131 e. The van der Waals surface area contributed by atoms with Crippen LogP contribution < -0.4 is 10.6 Å². The Hall–Kier alpha value is -1.40. The molecule has 6 nitrogen and oxygen atoms in total. The van der Waals surface area contributed by atoms with Crippen LogP contribution >= 0.6 is 0 Å². The first kappa shape index (κ1) is 17.4. The Kier molecular flexibility index (Phi) is 6.26. The van der Waals surface area contributed by atoms with Crippen LogP contribution in [0.5, 0.6) is 0 Å². The third-order valence-corrected chi connectivity index (χ3v) is 5.65. The summed E-state index contributed by atoms with van der Waals surface area (Å²) in [5.41, 5.74) is 0. The van der Waals surface area contributed by atoms with E-state index in [0.717, 1.165) is 37.3 Å². The number of hydrogen-bond acceptors (Lipinski definition) is 6. The van der Waals surface area contributed by atoms with E-state index in [9.17, 15) is 10.2 Å². The quantitative estimate of drug-likeness (QED) is 0.584. The maximum absolute atomic E-state index is 9.20. The first-order chi connectivity index (χ1) is 11.8. The van der Waals surface area contributed by atoms with Crippen LogP contribution in [-0.2, 0) is 0 Å². The molecule has 4 atom stereocenters. The van der Waals surface area contributed by atoms with Gasteiger partial charge in [-0.15, -0.1) is 0 Å². The van der Waals surface area contributed by atoms with Gasteiger partial charge >= 0.3 is 0 Å². The van der Waals surface area contributed by atoms with Crippen LogP contribution in [0.15, 0.2) is 12.4 Å². The summed E-state index contributed by atoms with van der Waals surface area (Å²) in [5, 5.41) is 25.5. The number of nitrogens with one attached hydrogen (secondary N) is 2. The highest BCUT2D eigenvalue weighted by Crippen LogP contribution is 2.32. The minimum Gasteiger partial charge on any atom is -0.396 e. The average molecular weight is 334 g/mol. The number of aliphatic hydroxyl groups excluding tert-OH is 2. The summed E-state index contributed by atoms with van der Waals surface area (Å²) >= 11 is 0. The second-order valence-corrected chi connectivity index (χ2v) is 7.20. The van der Waals surface area contributed by atoms with E-state index in [1.165, 1.54) is 25.7 Å². The molecule has 0 radical (unpaired) electrons. The lowest BCUT2D eigenvalue weighted by Crippen LogP contribution is -2.27. The third kappa shape index (κ3) is 4.36. The van der Waals surface area contributed by atoms with Crippen molar-refractivity contribution >= 4 is 11.6 Å². The zero-order valence-corrected chi connectivity index (χ0v) is 14.3. The van der Waals surface area contributed by atoms with Crippen molar-refractivity contribution in [2.45, 2.75) is 63.5 Å². The lowest BCUT2D eigenvalue weighted by Gasteiger charge is -2.23. The molecule has 2 saturated carbocycles. The molecular weight excluding hydrogens is 304 g/mol. The fraction of sp³-hybridized carbons (Fsp3) is 0.778. The van der Waals surface area contributed by atoms with Crippen LogP contribution in [0.25, 0.3) is 0 Å². The zero-order chi connectivity index (χ0) is 16.8. The standard InChI is InChI=1S/C18H30N4O2/c23-9-7-13-3-1-5-15(13)21-17-11-18(20-12-19-17)22-16-6-2-4-14(16)8-10-24/h11-16,23-24H,1-10H2,(H2,19,20,21,22). The Morgan fingerprint density at radius 1 is 0.833 bits per heavy atom. The van der Waals surface area contributed by atoms with Gasteiger partial charge < -0.3 is 20.8 Å². The van der Waals surface area contributed by atoms with Crippen LogP contribution in [-0.4, -0.2) is 45.5 Å². The van der Waals surface area contributed by atoms with Crippen LogP contribution in [0.4, 0.5) is 11.6 Å². The van der Waals surface area contributed by atoms with Gasteiger partial charge in [0.15, 0.2) is 0 Å². The Bertz CT molecular complexity index is 472. The van der Waals surface area contributed by atoms with Crippen molar-refractivity contribution in [2.24, 2.45) is 11.8 Å². The maximum atomic E-state index is 9.20. The van der Waals surface area contributed by atoms with E-state index in [-0.39, 0.29) is 13.2 Å². The van der Waals surface area contributed by atoms with Gasteiger partial charge in [-0.05, 0) is 50.4 Å². The predicted octanol–water partition coefficient (Wildman–Crippen LogP) is 2.40. The van der Waals surface area contributed by atoms with E-state index in [4.69, 9.17) is 0 Å². The van der Waals surface area contributed by atoms with Gasteiger partial charge in [-0.2, -0.15) is 0 Å². The molecule has 0 saturated heterocycles. The van der Waals surface area contributed by atoms with Crippen molar-refractivity contribution in [3.8, 4) is 0 Å². The summed E-state index contributed by atoms with van der Waals surface area (Å²) in [4.78, 5) is 8.73. The van der Waals surface area contributed by atoms with E-state index < -0.39 is 0 Å². The molecule has 1 aromatic rings. The second-order valence-electron chi connectivity index (χ2n) is 7.20. The summed E-state index contributed by atoms with van der Waals surface area (Å²) < 4.78 is 0. The first-order valence-electron chi connectivity index (χ1n) is 9.37. The molecule has 24 heavy (non-hydrogen) atoms. The summed E-state index contributed by atoms with van der Waals surface area (Å²) in [5.74, 6) is 2.79. The number of hydrogen-bond donors (Lipinski definition) is 4. The summed E-state index contributed by atoms with van der Waals surface area (Å²) in [6, 6.07) is 2.78. The van der Waals surface area contributed by atoms with Crippen LogP contribution in [0, 0.1) is 11.8 Å². The van der Waals surface area contributed by atoms with Crippen molar-refractivity contribution in [2.75, 3.05) is 23.8 Å². The Labute approximate surface area is 144 Å². The summed E-state index contributed by atoms with van der Waals surface area (Å²) in [6.07, 6.45) is 10.4. The number of anilines is 2. The largest absolute Gasteiger partial charge is 0.396 e. The van der Waals surface area contributed by atoms with Crippen molar-refractivity contribution in [1.82, 2.24) is 9.97 Å². The summed E-state index contributed by atoms with van der Waals surface area (Å²) in [7, 11) is 0. The smallest absolute Gasteiger partial charge is 0.131 e. The molecule has 2 aliphatic carbocycles. The lowest BCUT2D eigenvalue weighted by atomic mass is 10.00. The van der Waals surface area contributed by atoms with Gasteiger partial charge in [0.2, 0.25) is 0 Å². The number of aliphatic hydroxyl groups is 2. The number of aromatic nitrogens is 2. The highest BCUT2D eigenvalue weighted by molar-refractivity contribution is 5.47. The van der Waals surface area contributed by atoms with Crippen molar-refractivity contribution in [1.29, 1.82) is 0 Å². The van der Waals surface area contributed by atoms with Crippen LogP contribution in [0.2, 0.25) is 0 Å². The molecule has 2 fully saturated rings. The van der Waals surface area contributed by atoms with Crippen molar-refractivity contribution in [3.63, 3.8) is 0 Å². The molecule has 4 unspecified atom stereocenters. The molecule has 0 aliphatic heterocycles. The van der Waals surface area contributed by atoms with E-state index >= 15 is 0 Å². The highest BCUT2D eigenvalue weighted by Gasteiger charge is 2.28. The van der Waals surface area contributed by atoms with Gasteiger partial charge in [-0.1, -0.05) is 12.8 Å². The topological polar surface area (TPSA) is 90.3 Å². The van der Waals surface area contributed by atoms with E-state index in [2.05, 4.69) is 20.6 Å². The number of nitrogens with zero attached hydrogens (tertiary/aromatic N) is 2. The molecule has 3 rings (SSSR count). The van der Waals surface area contributed by atoms with Crippen LogP contribution in [0.1, 0.15) is 51.4 Å². The molecule has 1 heterocycles. The fourth-order valence-electron chi connectivity index (χ4n) is 4.37. The van der Waals surface area contributed by atoms with Crippen LogP contribution in [0.3, 0.4) is 0 Å². The summed E-state index contributed by atoms with van der Waals surface area (Å²) in [6.45, 7) is 0.515. The molecule has 6 heteroatoms. The predicted molar refractivity (Wildman–Crippen MR) is 94.9 cm³/mol. The normalized spacial score (nSPS) is 29.8. The molecule has 0 bridgehead atoms. The molecule has 0 amide bonds. The lowest BCUT2D eigenvalue weighted by molar-refractivity contribution is 0.254. The van der Waals surface area contributed by atoms with E-state index in [1.807, 2.05) is 6.07 Å². The monoisotopic (exact) mass is 334 g/mol. The van der Waals surface area contributed by atoms with Gasteiger partial charge in [0.1, 0.15) is 18.0 Å². The molecule has 134 valence electrons. The van der Waals surface area contributed by atoms with Gasteiger partial charge in [0, 0.05) is 31.4 Å². The average Bonchev–Trinajstić information content (AvgIpc) is 3.19. The molecule has 0 spiro atoms. The first-order valence-corrected chi connectivity index (χ1v) is 9.37. The molecule has 0 aromatic carbocycles. The molecule has 2 aliphatic rings. The van der Waals surface area contributed by atoms with E-state index in [0.29, 0.717) is 23.9 Å². The highest BCUT2D eigenvalue weighted by atomic mass is 16.3. The van der Waals surface area contributed by atoms with Gasteiger partial charge in [-0.3, -0.25) is 0 Å². The zero-order valence-electron chi connectivity index (χ0n) is 14.3. The second kappa shape index (κ2) is 8.62. The Morgan fingerprint density at radius 2 is 1.33 bits per heavy atom. The molecule has 1 aromatic heterocycles. The van der Waals surface area contributed by atoms with Crippen molar-refractivity contribution in [3.05, 3.63) is 12.4 Å². The Balaban J connectivity index is 1.59. The SMILES string of the molecule is OCCC1CCCC1Nc1cc(NC2CCCC2CCO)ncn1. The minimum atomic E-state index is 0.257. The van der Waals surface area contributed by atoms with Crippen molar-refractivity contribution < 1.29 is 10.2 Å². The Morgan fingerprint density at radius 3 is 1.79 bits per heavy atom. The van der Waals surface area contributed by atoms with Gasteiger partial charge in [0.25, 0.3) is 0 Å². The fourth-order valence-corrected chi connectivity index (χ4v) is 4.37. The number of rotatable bonds is 8. The minimum absolute atomic E-state index is 0.257. The van der Waals surface area contributed by atoms with Gasteiger partial charge in [-0.25, -0.2) is 9.97 Å². The molecular formula is C18H30N4O2. The third-order valence-electron chi connectivity index (χ3n) is 5.65.